The van der Waals surface area contributed by atoms with E-state index in [1.165, 1.54) is 88.0 Å². The normalized spacial score (nSPS) is 13.1. The predicted molar refractivity (Wildman–Crippen MR) is 246 cm³/mol. The molecule has 12 rings (SSSR count). The molecule has 0 unspecified atom stereocenters. The third-order valence-corrected chi connectivity index (χ3v) is 12.8. The first-order valence-electron chi connectivity index (χ1n) is 20.3. The lowest BCUT2D eigenvalue weighted by Crippen LogP contribution is -2.16. The lowest BCUT2D eigenvalue weighted by Gasteiger charge is -2.26. The molecule has 1 heteroatoms. The van der Waals surface area contributed by atoms with Crippen molar-refractivity contribution in [1.29, 1.82) is 0 Å². The van der Waals surface area contributed by atoms with E-state index in [0.717, 1.165) is 33.1 Å². The van der Waals surface area contributed by atoms with Crippen molar-refractivity contribution in [3.05, 3.63) is 205 Å². The largest absolute Gasteiger partial charge is 0.455 e. The minimum Gasteiger partial charge on any atom is -0.455 e. The summed E-state index contributed by atoms with van der Waals surface area (Å²) in [7, 11) is 0. The summed E-state index contributed by atoms with van der Waals surface area (Å²) in [6.07, 6.45) is 0. The fourth-order valence-corrected chi connectivity index (χ4v) is 10.4. The van der Waals surface area contributed by atoms with Gasteiger partial charge in [0.05, 0.1) is 0 Å². The zero-order valence-corrected chi connectivity index (χ0v) is 32.4. The molecular formula is C57H38O. The SMILES string of the molecule is CC1(C)c2c(-c3ccc(-c4c5ccccc5c(-c5cccc(-c6cccc7c6oc6ccccc67)c5)c5ccccc45)cc3)cccc2-c2ccc3ccccc3c21. The summed E-state index contributed by atoms with van der Waals surface area (Å²) in [5.74, 6) is 0. The number of fused-ring (bicyclic) bond motifs is 10. The first-order chi connectivity index (χ1) is 28.5. The Balaban J connectivity index is 0.998. The van der Waals surface area contributed by atoms with Crippen molar-refractivity contribution in [3.8, 4) is 55.6 Å². The molecule has 0 fully saturated rings. The zero-order chi connectivity index (χ0) is 38.5. The highest BCUT2D eigenvalue weighted by Crippen LogP contribution is 2.54. The van der Waals surface area contributed by atoms with Gasteiger partial charge in [-0.15, -0.1) is 0 Å². The summed E-state index contributed by atoms with van der Waals surface area (Å²) in [4.78, 5) is 0. The molecule has 0 saturated carbocycles. The zero-order valence-electron chi connectivity index (χ0n) is 32.4. The Bertz CT molecular complexity index is 3410. The van der Waals surface area contributed by atoms with Gasteiger partial charge >= 0.3 is 0 Å². The molecule has 0 aliphatic heterocycles. The van der Waals surface area contributed by atoms with Crippen molar-refractivity contribution in [3.63, 3.8) is 0 Å². The molecule has 0 saturated heterocycles. The average molecular weight is 739 g/mol. The van der Waals surface area contributed by atoms with Crippen molar-refractivity contribution in [2.45, 2.75) is 19.3 Å². The molecule has 10 aromatic carbocycles. The minimum atomic E-state index is -0.140. The highest BCUT2D eigenvalue weighted by atomic mass is 16.3. The molecule has 1 aliphatic rings. The van der Waals surface area contributed by atoms with Crippen molar-refractivity contribution in [1.82, 2.24) is 0 Å². The Hall–Kier alpha value is -7.22. The van der Waals surface area contributed by atoms with Crippen molar-refractivity contribution in [2.24, 2.45) is 0 Å². The number of hydrogen-bond acceptors (Lipinski definition) is 1. The molecule has 11 aromatic rings. The van der Waals surface area contributed by atoms with Gasteiger partial charge in [-0.1, -0.05) is 196 Å². The van der Waals surface area contributed by atoms with E-state index in [4.69, 9.17) is 4.42 Å². The highest BCUT2D eigenvalue weighted by Gasteiger charge is 2.38. The summed E-state index contributed by atoms with van der Waals surface area (Å²) in [6, 6.07) is 71.3. The second-order valence-electron chi connectivity index (χ2n) is 16.3. The maximum absolute atomic E-state index is 6.49. The van der Waals surface area contributed by atoms with Crippen LogP contribution in [0.25, 0.3) is 110 Å². The minimum absolute atomic E-state index is 0.140. The van der Waals surface area contributed by atoms with E-state index in [-0.39, 0.29) is 5.41 Å². The van der Waals surface area contributed by atoms with Gasteiger partial charge in [-0.25, -0.2) is 0 Å². The second kappa shape index (κ2) is 12.4. The van der Waals surface area contributed by atoms with Crippen LogP contribution in [0.2, 0.25) is 0 Å². The molecule has 0 bridgehead atoms. The van der Waals surface area contributed by atoms with Gasteiger partial charge in [0.2, 0.25) is 0 Å². The molecule has 58 heavy (non-hydrogen) atoms. The van der Waals surface area contributed by atoms with Crippen LogP contribution in [0.5, 0.6) is 0 Å². The number of benzene rings is 10. The first-order valence-corrected chi connectivity index (χ1v) is 20.3. The van der Waals surface area contributed by atoms with E-state index in [2.05, 4.69) is 202 Å². The Morgan fingerprint density at radius 1 is 0.328 bits per heavy atom. The van der Waals surface area contributed by atoms with Crippen molar-refractivity contribution < 1.29 is 4.42 Å². The van der Waals surface area contributed by atoms with Gasteiger partial charge in [0.25, 0.3) is 0 Å². The van der Waals surface area contributed by atoms with E-state index in [1.807, 2.05) is 6.07 Å². The molecule has 1 aliphatic carbocycles. The molecule has 1 aromatic heterocycles. The van der Waals surface area contributed by atoms with Crippen LogP contribution in [-0.2, 0) is 5.41 Å². The molecular weight excluding hydrogens is 701 g/mol. The third kappa shape index (κ3) is 4.71. The van der Waals surface area contributed by atoms with Gasteiger partial charge in [0.15, 0.2) is 0 Å². The summed E-state index contributed by atoms with van der Waals surface area (Å²) in [5, 5.41) is 9.91. The molecule has 0 atom stereocenters. The Labute approximate surface area is 337 Å². The van der Waals surface area contributed by atoms with Crippen LogP contribution in [-0.4, -0.2) is 0 Å². The molecule has 0 N–H and O–H groups in total. The molecule has 0 spiro atoms. The summed E-state index contributed by atoms with van der Waals surface area (Å²) >= 11 is 0. The van der Waals surface area contributed by atoms with E-state index in [1.54, 1.807) is 0 Å². The quantitative estimate of drug-likeness (QED) is 0.164. The van der Waals surface area contributed by atoms with Gasteiger partial charge in [-0.2, -0.15) is 0 Å². The van der Waals surface area contributed by atoms with Gasteiger partial charge in [-0.05, 0) is 106 Å². The highest BCUT2D eigenvalue weighted by molar-refractivity contribution is 6.21. The van der Waals surface area contributed by atoms with Crippen LogP contribution in [0.4, 0.5) is 0 Å². The fourth-order valence-electron chi connectivity index (χ4n) is 10.4. The Morgan fingerprint density at radius 3 is 1.59 bits per heavy atom. The first kappa shape index (κ1) is 33.0. The van der Waals surface area contributed by atoms with Crippen LogP contribution in [0.3, 0.4) is 0 Å². The van der Waals surface area contributed by atoms with Crippen LogP contribution in [0.1, 0.15) is 25.0 Å². The van der Waals surface area contributed by atoms with Crippen molar-refractivity contribution >= 4 is 54.3 Å². The smallest absolute Gasteiger partial charge is 0.143 e. The van der Waals surface area contributed by atoms with Gasteiger partial charge in [0.1, 0.15) is 11.2 Å². The average Bonchev–Trinajstić information content (AvgIpc) is 3.78. The molecule has 1 heterocycles. The van der Waals surface area contributed by atoms with E-state index in [9.17, 15) is 0 Å². The van der Waals surface area contributed by atoms with Crippen molar-refractivity contribution in [2.75, 3.05) is 0 Å². The van der Waals surface area contributed by atoms with E-state index < -0.39 is 0 Å². The standard InChI is InChI=1S/C57H38O/c1-57(2)54-41(23-12-25-48(54)49-33-32-35-14-3-4-17-40(35)55(49)57)36-28-30-37(31-29-36)52-44-19-5-7-21-46(44)53(47-22-8-6-20-45(47)52)39-16-11-15-38(34-39)42-24-13-26-50-43-18-9-10-27-51(43)58-56(42)50/h3-34H,1-2H3. The molecule has 0 radical (unpaired) electrons. The van der Waals surface area contributed by atoms with Gasteiger partial charge < -0.3 is 4.42 Å². The van der Waals surface area contributed by atoms with E-state index >= 15 is 0 Å². The number of furan rings is 1. The monoisotopic (exact) mass is 738 g/mol. The number of para-hydroxylation sites is 2. The lowest BCUT2D eigenvalue weighted by atomic mass is 9.77. The van der Waals surface area contributed by atoms with Gasteiger partial charge in [0, 0.05) is 21.8 Å². The Morgan fingerprint density at radius 2 is 0.845 bits per heavy atom. The van der Waals surface area contributed by atoms with Crippen LogP contribution in [0.15, 0.2) is 199 Å². The summed E-state index contributed by atoms with van der Waals surface area (Å²) in [6.45, 7) is 4.80. The number of hydrogen-bond donors (Lipinski definition) is 0. The molecule has 272 valence electrons. The predicted octanol–water partition coefficient (Wildman–Crippen LogP) is 16.0. The Kier molecular flexibility index (Phi) is 7.04. The topological polar surface area (TPSA) is 13.1 Å². The number of rotatable bonds is 4. The fraction of sp³-hybridized carbons (Fsp3) is 0.0526. The molecule has 0 amide bonds. The second-order valence-corrected chi connectivity index (χ2v) is 16.3. The lowest BCUT2D eigenvalue weighted by molar-refractivity contribution is 0.668. The van der Waals surface area contributed by atoms with Crippen LogP contribution >= 0.6 is 0 Å². The van der Waals surface area contributed by atoms with Gasteiger partial charge in [-0.3, -0.25) is 0 Å². The van der Waals surface area contributed by atoms with Crippen LogP contribution in [0, 0.1) is 0 Å². The summed E-state index contributed by atoms with van der Waals surface area (Å²) < 4.78 is 6.49. The maximum atomic E-state index is 6.49. The van der Waals surface area contributed by atoms with E-state index in [0.29, 0.717) is 0 Å². The molecule has 1 nitrogen and oxygen atoms in total. The van der Waals surface area contributed by atoms with Crippen LogP contribution < -0.4 is 0 Å². The third-order valence-electron chi connectivity index (χ3n) is 12.8. The maximum Gasteiger partial charge on any atom is 0.143 e. The summed E-state index contributed by atoms with van der Waals surface area (Å²) in [5.41, 5.74) is 17.0.